The summed E-state index contributed by atoms with van der Waals surface area (Å²) in [7, 11) is 0. The molecule has 1 aromatic rings. The molecule has 1 fully saturated rings. The van der Waals surface area contributed by atoms with Crippen molar-refractivity contribution in [1.82, 2.24) is 4.98 Å². The number of pyridine rings is 1. The van der Waals surface area contributed by atoms with Crippen molar-refractivity contribution in [2.45, 2.75) is 31.1 Å². The van der Waals surface area contributed by atoms with Gasteiger partial charge in [-0.15, -0.1) is 0 Å². The van der Waals surface area contributed by atoms with E-state index in [0.29, 0.717) is 11.3 Å². The van der Waals surface area contributed by atoms with Gasteiger partial charge < -0.3 is 5.32 Å². The predicted octanol–water partition coefficient (Wildman–Crippen LogP) is 2.92. The van der Waals surface area contributed by atoms with E-state index in [1.807, 2.05) is 11.8 Å². The van der Waals surface area contributed by atoms with Gasteiger partial charge in [0.15, 0.2) is 0 Å². The number of thioether (sulfide) groups is 1. The second-order valence-electron chi connectivity index (χ2n) is 3.84. The maximum absolute atomic E-state index is 12.6. The highest BCUT2D eigenvalue weighted by atomic mass is 32.2. The molecular formula is C11H15FN2S. The summed E-state index contributed by atoms with van der Waals surface area (Å²) in [6.45, 7) is 2.23. The van der Waals surface area contributed by atoms with Crippen molar-refractivity contribution in [3.05, 3.63) is 24.3 Å². The lowest BCUT2D eigenvalue weighted by molar-refractivity contribution is 0.582. The molecule has 0 bridgehead atoms. The molecule has 82 valence electrons. The Morgan fingerprint density at radius 3 is 3.07 bits per heavy atom. The lowest BCUT2D eigenvalue weighted by Gasteiger charge is -2.29. The fraction of sp³-hybridized carbons (Fsp3) is 0.545. The van der Waals surface area contributed by atoms with Crippen LogP contribution in [-0.4, -0.2) is 22.0 Å². The average molecular weight is 226 g/mol. The number of rotatable bonds is 2. The van der Waals surface area contributed by atoms with Crippen molar-refractivity contribution in [2.75, 3.05) is 11.1 Å². The highest BCUT2D eigenvalue weighted by molar-refractivity contribution is 8.00. The Balaban J connectivity index is 1.98. The molecule has 0 spiro atoms. The van der Waals surface area contributed by atoms with Crippen LogP contribution in [0, 0.1) is 5.95 Å². The molecule has 2 unspecified atom stereocenters. The van der Waals surface area contributed by atoms with Gasteiger partial charge in [-0.25, -0.2) is 4.98 Å². The number of nitrogens with zero attached hydrogens (tertiary/aromatic N) is 1. The van der Waals surface area contributed by atoms with Crippen LogP contribution in [0.5, 0.6) is 0 Å². The second kappa shape index (κ2) is 4.84. The van der Waals surface area contributed by atoms with E-state index in [2.05, 4.69) is 17.2 Å². The zero-order valence-electron chi connectivity index (χ0n) is 8.74. The van der Waals surface area contributed by atoms with Crippen LogP contribution >= 0.6 is 11.8 Å². The molecule has 0 radical (unpaired) electrons. The SMILES string of the molecule is CC1SCCCC1Nc1ccc(F)nc1. The molecule has 0 amide bonds. The molecule has 2 heterocycles. The molecule has 0 saturated carbocycles. The van der Waals surface area contributed by atoms with Crippen molar-refractivity contribution < 1.29 is 4.39 Å². The minimum atomic E-state index is -0.424. The first kappa shape index (κ1) is 10.7. The monoisotopic (exact) mass is 226 g/mol. The molecule has 2 nitrogen and oxygen atoms in total. The van der Waals surface area contributed by atoms with E-state index in [1.165, 1.54) is 24.7 Å². The summed E-state index contributed by atoms with van der Waals surface area (Å²) >= 11 is 1.99. The molecular weight excluding hydrogens is 211 g/mol. The third kappa shape index (κ3) is 2.84. The van der Waals surface area contributed by atoms with Gasteiger partial charge in [-0.05, 0) is 30.7 Å². The Morgan fingerprint density at radius 2 is 2.40 bits per heavy atom. The van der Waals surface area contributed by atoms with Crippen LogP contribution in [0.4, 0.5) is 10.1 Å². The Labute approximate surface area is 93.7 Å². The first-order valence-electron chi connectivity index (χ1n) is 5.25. The predicted molar refractivity (Wildman–Crippen MR) is 62.8 cm³/mol. The molecule has 0 aliphatic carbocycles. The van der Waals surface area contributed by atoms with Gasteiger partial charge in [0.1, 0.15) is 0 Å². The normalized spacial score (nSPS) is 26.3. The van der Waals surface area contributed by atoms with E-state index < -0.39 is 5.95 Å². The minimum Gasteiger partial charge on any atom is -0.380 e. The molecule has 15 heavy (non-hydrogen) atoms. The van der Waals surface area contributed by atoms with E-state index in [4.69, 9.17) is 0 Å². The molecule has 1 N–H and O–H groups in total. The van der Waals surface area contributed by atoms with Crippen LogP contribution in [0.2, 0.25) is 0 Å². The molecule has 2 atom stereocenters. The fourth-order valence-electron chi connectivity index (χ4n) is 1.79. The molecule has 1 aliphatic heterocycles. The number of nitrogens with one attached hydrogen (secondary N) is 1. The van der Waals surface area contributed by atoms with E-state index in [-0.39, 0.29) is 0 Å². The van der Waals surface area contributed by atoms with Gasteiger partial charge in [-0.2, -0.15) is 16.2 Å². The fourth-order valence-corrected chi connectivity index (χ4v) is 2.93. The number of halogens is 1. The van der Waals surface area contributed by atoms with Crippen molar-refractivity contribution in [3.8, 4) is 0 Å². The zero-order valence-corrected chi connectivity index (χ0v) is 9.56. The smallest absolute Gasteiger partial charge is 0.212 e. The first-order chi connectivity index (χ1) is 7.25. The first-order valence-corrected chi connectivity index (χ1v) is 6.30. The number of aromatic nitrogens is 1. The maximum Gasteiger partial charge on any atom is 0.212 e. The van der Waals surface area contributed by atoms with Gasteiger partial charge in [0, 0.05) is 11.3 Å². The number of hydrogen-bond acceptors (Lipinski definition) is 3. The number of hydrogen-bond donors (Lipinski definition) is 1. The lowest BCUT2D eigenvalue weighted by Crippen LogP contribution is -2.32. The largest absolute Gasteiger partial charge is 0.380 e. The third-order valence-electron chi connectivity index (χ3n) is 2.69. The molecule has 2 rings (SSSR count). The standard InChI is InChI=1S/C11H15FN2S/c1-8-10(3-2-6-15-8)14-9-4-5-11(12)13-7-9/h4-5,7-8,10,14H,2-3,6H2,1H3. The summed E-state index contributed by atoms with van der Waals surface area (Å²) in [5.41, 5.74) is 0.913. The quantitative estimate of drug-likeness (QED) is 0.785. The Hall–Kier alpha value is -0.770. The van der Waals surface area contributed by atoms with Crippen LogP contribution in [-0.2, 0) is 0 Å². The van der Waals surface area contributed by atoms with Crippen LogP contribution in [0.1, 0.15) is 19.8 Å². The third-order valence-corrected chi connectivity index (χ3v) is 4.06. The maximum atomic E-state index is 12.6. The van der Waals surface area contributed by atoms with Crippen LogP contribution in [0.25, 0.3) is 0 Å². The number of anilines is 1. The van der Waals surface area contributed by atoms with Gasteiger partial charge >= 0.3 is 0 Å². The summed E-state index contributed by atoms with van der Waals surface area (Å²) in [6, 6.07) is 3.62. The van der Waals surface area contributed by atoms with E-state index in [9.17, 15) is 4.39 Å². The van der Waals surface area contributed by atoms with Crippen LogP contribution in [0.15, 0.2) is 18.3 Å². The average Bonchev–Trinajstić information content (AvgIpc) is 2.25. The van der Waals surface area contributed by atoms with E-state index >= 15 is 0 Å². The van der Waals surface area contributed by atoms with Gasteiger partial charge in [0.25, 0.3) is 0 Å². The van der Waals surface area contributed by atoms with E-state index in [0.717, 1.165) is 5.69 Å². The van der Waals surface area contributed by atoms with Gasteiger partial charge in [-0.3, -0.25) is 0 Å². The highest BCUT2D eigenvalue weighted by Crippen LogP contribution is 2.27. The van der Waals surface area contributed by atoms with E-state index in [1.54, 1.807) is 12.3 Å². The molecule has 1 aromatic heterocycles. The molecule has 0 aromatic carbocycles. The lowest BCUT2D eigenvalue weighted by atomic mass is 10.1. The van der Waals surface area contributed by atoms with Gasteiger partial charge in [0.2, 0.25) is 5.95 Å². The summed E-state index contributed by atoms with van der Waals surface area (Å²) in [4.78, 5) is 3.63. The van der Waals surface area contributed by atoms with Crippen LogP contribution in [0.3, 0.4) is 0 Å². The molecule has 1 saturated heterocycles. The topological polar surface area (TPSA) is 24.9 Å². The molecule has 1 aliphatic rings. The Kier molecular flexibility index (Phi) is 3.46. The second-order valence-corrected chi connectivity index (χ2v) is 5.32. The Morgan fingerprint density at radius 1 is 1.53 bits per heavy atom. The minimum absolute atomic E-state index is 0.424. The van der Waals surface area contributed by atoms with Crippen molar-refractivity contribution in [2.24, 2.45) is 0 Å². The zero-order chi connectivity index (χ0) is 10.7. The molecule has 4 heteroatoms. The summed E-state index contributed by atoms with van der Waals surface area (Å²) in [5, 5.41) is 4.02. The highest BCUT2D eigenvalue weighted by Gasteiger charge is 2.21. The van der Waals surface area contributed by atoms with Crippen LogP contribution < -0.4 is 5.32 Å². The summed E-state index contributed by atoms with van der Waals surface area (Å²) in [6.07, 6.45) is 3.99. The Bertz CT molecular complexity index is 315. The summed E-state index contributed by atoms with van der Waals surface area (Å²) in [5.74, 6) is 0.827. The van der Waals surface area contributed by atoms with Gasteiger partial charge in [-0.1, -0.05) is 6.92 Å². The van der Waals surface area contributed by atoms with Crippen molar-refractivity contribution >= 4 is 17.4 Å². The van der Waals surface area contributed by atoms with Gasteiger partial charge in [0.05, 0.1) is 11.9 Å². The van der Waals surface area contributed by atoms with Crippen molar-refractivity contribution in [1.29, 1.82) is 0 Å². The van der Waals surface area contributed by atoms with Crippen molar-refractivity contribution in [3.63, 3.8) is 0 Å². The summed E-state index contributed by atoms with van der Waals surface area (Å²) < 4.78 is 12.6.